The Bertz CT molecular complexity index is 1010. The van der Waals surface area contributed by atoms with Crippen LogP contribution in [0.3, 0.4) is 0 Å². The van der Waals surface area contributed by atoms with Crippen molar-refractivity contribution in [2.45, 2.75) is 19.7 Å². The highest BCUT2D eigenvalue weighted by molar-refractivity contribution is 6.21. The van der Waals surface area contributed by atoms with Crippen LogP contribution in [0.2, 0.25) is 0 Å². The van der Waals surface area contributed by atoms with Gasteiger partial charge in [-0.2, -0.15) is 8.78 Å². The lowest BCUT2D eigenvalue weighted by Crippen LogP contribution is -2.34. The fourth-order valence-electron chi connectivity index (χ4n) is 2.94. The maximum atomic E-state index is 12.9. The fourth-order valence-corrected chi connectivity index (χ4v) is 2.94. The molecule has 0 aliphatic heterocycles. The number of ether oxygens (including phenoxy) is 1. The van der Waals surface area contributed by atoms with Gasteiger partial charge < -0.3 is 15.4 Å². The molecule has 0 atom stereocenters. The van der Waals surface area contributed by atoms with Gasteiger partial charge in [-0.15, -0.1) is 0 Å². The van der Waals surface area contributed by atoms with E-state index in [4.69, 9.17) is 0 Å². The van der Waals surface area contributed by atoms with Gasteiger partial charge in [0, 0.05) is 18.7 Å². The quantitative estimate of drug-likeness (QED) is 0.299. The van der Waals surface area contributed by atoms with Crippen molar-refractivity contribution in [3.05, 3.63) is 107 Å². The maximum absolute atomic E-state index is 12.9. The number of nitrogens with one attached hydrogen (secondary N) is 2. The molecule has 3 rings (SSSR count). The SMILES string of the molecule is O=C(NCc1ccccc1)C(=Cc1ccccc1OC(F)F)C(=O)NCc1ccccc1. The summed E-state index contributed by atoms with van der Waals surface area (Å²) < 4.78 is 30.1. The van der Waals surface area contributed by atoms with E-state index in [0.29, 0.717) is 0 Å². The largest absolute Gasteiger partial charge is 0.434 e. The fraction of sp³-hybridized carbons (Fsp3) is 0.120. The number of carbonyl (C=O) groups is 2. The molecule has 0 radical (unpaired) electrons. The van der Waals surface area contributed by atoms with Gasteiger partial charge in [-0.3, -0.25) is 9.59 Å². The van der Waals surface area contributed by atoms with E-state index in [2.05, 4.69) is 15.4 Å². The molecule has 3 aromatic rings. The van der Waals surface area contributed by atoms with Gasteiger partial charge in [0.05, 0.1) is 0 Å². The molecular formula is C25H22F2N2O3. The summed E-state index contributed by atoms with van der Waals surface area (Å²) in [5.41, 5.74) is 1.67. The predicted octanol–water partition coefficient (Wildman–Crippen LogP) is 4.30. The number of hydrogen-bond donors (Lipinski definition) is 2. The smallest absolute Gasteiger partial charge is 0.387 e. The first-order valence-corrected chi connectivity index (χ1v) is 9.92. The van der Waals surface area contributed by atoms with Crippen molar-refractivity contribution in [2.24, 2.45) is 0 Å². The van der Waals surface area contributed by atoms with Crippen molar-refractivity contribution in [1.82, 2.24) is 10.6 Å². The summed E-state index contributed by atoms with van der Waals surface area (Å²) >= 11 is 0. The second kappa shape index (κ2) is 11.4. The Labute approximate surface area is 184 Å². The number of rotatable bonds is 9. The van der Waals surface area contributed by atoms with E-state index in [1.54, 1.807) is 6.07 Å². The summed E-state index contributed by atoms with van der Waals surface area (Å²) in [4.78, 5) is 25.8. The van der Waals surface area contributed by atoms with Gasteiger partial charge in [-0.25, -0.2) is 0 Å². The van der Waals surface area contributed by atoms with Crippen molar-refractivity contribution in [1.29, 1.82) is 0 Å². The zero-order valence-corrected chi connectivity index (χ0v) is 17.1. The van der Waals surface area contributed by atoms with Gasteiger partial charge in [-0.05, 0) is 23.3 Å². The Hall–Kier alpha value is -4.00. The van der Waals surface area contributed by atoms with E-state index in [1.807, 2.05) is 60.7 Å². The molecule has 0 spiro atoms. The molecule has 7 heteroatoms. The Balaban J connectivity index is 1.83. The third-order valence-electron chi connectivity index (χ3n) is 4.52. The maximum Gasteiger partial charge on any atom is 0.387 e. The molecule has 32 heavy (non-hydrogen) atoms. The van der Waals surface area contributed by atoms with Crippen LogP contribution in [0.25, 0.3) is 6.08 Å². The van der Waals surface area contributed by atoms with E-state index >= 15 is 0 Å². The van der Waals surface area contributed by atoms with Crippen molar-refractivity contribution < 1.29 is 23.1 Å². The lowest BCUT2D eigenvalue weighted by molar-refractivity contribution is -0.123. The lowest BCUT2D eigenvalue weighted by Gasteiger charge is -2.12. The zero-order chi connectivity index (χ0) is 22.8. The number of alkyl halides is 2. The number of hydrogen-bond acceptors (Lipinski definition) is 3. The summed E-state index contributed by atoms with van der Waals surface area (Å²) in [5, 5.41) is 5.40. The molecule has 0 aromatic heterocycles. The molecule has 3 aromatic carbocycles. The molecule has 0 aliphatic carbocycles. The number of carbonyl (C=O) groups excluding carboxylic acids is 2. The minimum Gasteiger partial charge on any atom is -0.434 e. The van der Waals surface area contributed by atoms with Crippen molar-refractivity contribution in [3.8, 4) is 5.75 Å². The van der Waals surface area contributed by atoms with Crippen LogP contribution in [0.1, 0.15) is 16.7 Å². The number of amides is 2. The zero-order valence-electron chi connectivity index (χ0n) is 17.1. The molecule has 0 saturated carbocycles. The average Bonchev–Trinajstić information content (AvgIpc) is 2.81. The third-order valence-corrected chi connectivity index (χ3v) is 4.52. The summed E-state index contributed by atoms with van der Waals surface area (Å²) in [6.07, 6.45) is 1.25. The minimum atomic E-state index is -3.04. The molecule has 164 valence electrons. The molecule has 0 fully saturated rings. The normalized spacial score (nSPS) is 10.3. The lowest BCUT2D eigenvalue weighted by atomic mass is 10.1. The first-order chi connectivity index (χ1) is 15.5. The number of para-hydroxylation sites is 1. The summed E-state index contributed by atoms with van der Waals surface area (Å²) in [6.45, 7) is -2.62. The first kappa shape index (κ1) is 22.7. The number of halogens is 2. The van der Waals surface area contributed by atoms with Crippen LogP contribution >= 0.6 is 0 Å². The molecule has 0 aliphatic rings. The van der Waals surface area contributed by atoms with Crippen LogP contribution in [-0.2, 0) is 22.7 Å². The van der Waals surface area contributed by atoms with E-state index in [0.717, 1.165) is 11.1 Å². The van der Waals surface area contributed by atoms with Crippen LogP contribution in [0.4, 0.5) is 8.78 Å². The van der Waals surface area contributed by atoms with Gasteiger partial charge in [-0.1, -0.05) is 78.9 Å². The molecule has 0 heterocycles. The Morgan fingerprint density at radius 2 is 1.22 bits per heavy atom. The minimum absolute atomic E-state index is 0.133. The molecular weight excluding hydrogens is 414 g/mol. The second-order valence-electron chi connectivity index (χ2n) is 6.81. The molecule has 2 N–H and O–H groups in total. The highest BCUT2D eigenvalue weighted by atomic mass is 19.3. The molecule has 0 saturated heterocycles. The van der Waals surface area contributed by atoms with Crippen molar-refractivity contribution in [2.75, 3.05) is 0 Å². The highest BCUT2D eigenvalue weighted by Gasteiger charge is 2.19. The Morgan fingerprint density at radius 3 is 1.72 bits per heavy atom. The van der Waals surface area contributed by atoms with E-state index in [9.17, 15) is 18.4 Å². The highest BCUT2D eigenvalue weighted by Crippen LogP contribution is 2.23. The van der Waals surface area contributed by atoms with Crippen molar-refractivity contribution in [3.63, 3.8) is 0 Å². The summed E-state index contributed by atoms with van der Waals surface area (Å²) in [7, 11) is 0. The first-order valence-electron chi connectivity index (χ1n) is 9.92. The van der Waals surface area contributed by atoms with Crippen LogP contribution in [-0.4, -0.2) is 18.4 Å². The summed E-state index contributed by atoms with van der Waals surface area (Å²) in [5.74, 6) is -1.40. The molecule has 0 unspecified atom stereocenters. The Morgan fingerprint density at radius 1 is 0.750 bits per heavy atom. The van der Waals surface area contributed by atoms with Crippen LogP contribution in [0.5, 0.6) is 5.75 Å². The van der Waals surface area contributed by atoms with Gasteiger partial charge in [0.15, 0.2) is 0 Å². The molecule has 5 nitrogen and oxygen atoms in total. The monoisotopic (exact) mass is 436 g/mol. The van der Waals surface area contributed by atoms with E-state index < -0.39 is 18.4 Å². The summed E-state index contributed by atoms with van der Waals surface area (Å²) in [6, 6.07) is 24.4. The van der Waals surface area contributed by atoms with Crippen LogP contribution in [0, 0.1) is 0 Å². The van der Waals surface area contributed by atoms with E-state index in [-0.39, 0.29) is 30.0 Å². The van der Waals surface area contributed by atoms with Gasteiger partial charge >= 0.3 is 6.61 Å². The van der Waals surface area contributed by atoms with Gasteiger partial charge in [0.1, 0.15) is 11.3 Å². The van der Waals surface area contributed by atoms with Gasteiger partial charge in [0.25, 0.3) is 11.8 Å². The van der Waals surface area contributed by atoms with Gasteiger partial charge in [0.2, 0.25) is 0 Å². The topological polar surface area (TPSA) is 67.4 Å². The standard InChI is InChI=1S/C25H22F2N2O3/c26-25(27)32-22-14-8-7-13-20(22)15-21(23(30)28-16-18-9-3-1-4-10-18)24(31)29-17-19-11-5-2-6-12-19/h1-15,25H,16-17H2,(H,28,30)(H,29,31). The van der Waals surface area contributed by atoms with E-state index in [1.165, 1.54) is 24.3 Å². The molecule has 2 amide bonds. The van der Waals surface area contributed by atoms with Crippen LogP contribution in [0.15, 0.2) is 90.5 Å². The second-order valence-corrected chi connectivity index (χ2v) is 6.81. The third kappa shape index (κ3) is 6.77. The Kier molecular flexibility index (Phi) is 8.09. The van der Waals surface area contributed by atoms with Crippen LogP contribution < -0.4 is 15.4 Å². The number of benzene rings is 3. The molecule has 0 bridgehead atoms. The van der Waals surface area contributed by atoms with Crippen molar-refractivity contribution >= 4 is 17.9 Å². The average molecular weight is 436 g/mol. The predicted molar refractivity (Wildman–Crippen MR) is 118 cm³/mol.